The fourth-order valence-electron chi connectivity index (χ4n) is 4.34. The lowest BCUT2D eigenvalue weighted by Crippen LogP contribution is -2.52. The lowest BCUT2D eigenvalue weighted by atomic mass is 9.95. The summed E-state index contributed by atoms with van der Waals surface area (Å²) in [6.07, 6.45) is 6.28. The molecule has 1 aliphatic carbocycles. The smallest absolute Gasteiger partial charge is 0.244 e. The van der Waals surface area contributed by atoms with E-state index in [1.165, 1.54) is 11.3 Å². The number of aryl methyl sites for hydroxylation is 1. The summed E-state index contributed by atoms with van der Waals surface area (Å²) in [6.45, 7) is 3.33. The number of carbonyl (C=O) groups excluding carboxylic acids is 2. The van der Waals surface area contributed by atoms with Gasteiger partial charge in [0, 0.05) is 21.5 Å². The largest absolute Gasteiger partial charge is 0.352 e. The molecule has 0 radical (unpaired) electrons. The molecule has 1 aliphatic rings. The Morgan fingerprint density at radius 1 is 1.06 bits per heavy atom. The van der Waals surface area contributed by atoms with E-state index < -0.39 is 28.5 Å². The molecule has 36 heavy (non-hydrogen) atoms. The molecule has 2 aromatic carbocycles. The molecule has 2 aromatic rings. The first-order valence-electron chi connectivity index (χ1n) is 12.0. The molecule has 1 unspecified atom stereocenters. The number of nitrogens with one attached hydrogen (secondary N) is 1. The minimum atomic E-state index is -3.76. The van der Waals surface area contributed by atoms with Crippen LogP contribution in [0.2, 0.25) is 0 Å². The second-order valence-corrected chi connectivity index (χ2v) is 13.0. The van der Waals surface area contributed by atoms with Gasteiger partial charge in [0.25, 0.3) is 0 Å². The van der Waals surface area contributed by atoms with E-state index in [4.69, 9.17) is 0 Å². The van der Waals surface area contributed by atoms with Gasteiger partial charge in [0.2, 0.25) is 21.8 Å². The molecule has 3 rings (SSSR count). The van der Waals surface area contributed by atoms with Crippen LogP contribution in [0.4, 0.5) is 5.69 Å². The molecule has 0 saturated heterocycles. The predicted octanol–water partition coefficient (Wildman–Crippen LogP) is 5.15. The van der Waals surface area contributed by atoms with E-state index in [1.54, 1.807) is 25.1 Å². The average molecular weight is 643 g/mol. The average Bonchev–Trinajstić information content (AvgIpc) is 2.83. The van der Waals surface area contributed by atoms with Crippen molar-refractivity contribution in [2.45, 2.75) is 64.6 Å². The number of benzene rings is 2. The summed E-state index contributed by atoms with van der Waals surface area (Å²) >= 11 is 6.85. The van der Waals surface area contributed by atoms with Gasteiger partial charge in [-0.05, 0) is 68.1 Å². The molecule has 2 amide bonds. The van der Waals surface area contributed by atoms with Crippen molar-refractivity contribution in [3.63, 3.8) is 0 Å². The molecule has 0 spiro atoms. The Bertz CT molecular complexity index is 1180. The maximum atomic E-state index is 13.7. The molecule has 196 valence electrons. The molecule has 7 nitrogen and oxygen atoms in total. The van der Waals surface area contributed by atoms with Gasteiger partial charge in [-0.1, -0.05) is 63.3 Å². The first-order chi connectivity index (χ1) is 17.0. The third kappa shape index (κ3) is 7.79. The van der Waals surface area contributed by atoms with Gasteiger partial charge in [0.15, 0.2) is 0 Å². The fourth-order valence-corrected chi connectivity index (χ4v) is 5.69. The molecular formula is C26H33Br2N3O4S. The van der Waals surface area contributed by atoms with E-state index in [2.05, 4.69) is 37.2 Å². The first kappa shape index (κ1) is 28.7. The Balaban J connectivity index is 1.87. The third-order valence-electron chi connectivity index (χ3n) is 6.49. The number of sulfonamides is 1. The number of hydrogen-bond donors (Lipinski definition) is 1. The number of rotatable bonds is 9. The quantitative estimate of drug-likeness (QED) is 0.410. The number of halogens is 2. The van der Waals surface area contributed by atoms with Crippen LogP contribution in [0.3, 0.4) is 0 Å². The summed E-state index contributed by atoms with van der Waals surface area (Å²) in [5.41, 5.74) is 2.09. The van der Waals surface area contributed by atoms with Crippen LogP contribution in [0, 0.1) is 6.92 Å². The van der Waals surface area contributed by atoms with Gasteiger partial charge in [0.05, 0.1) is 11.9 Å². The van der Waals surface area contributed by atoms with E-state index in [0.29, 0.717) is 5.69 Å². The second-order valence-electron chi connectivity index (χ2n) is 9.37. The summed E-state index contributed by atoms with van der Waals surface area (Å²) in [5, 5.41) is 3.10. The van der Waals surface area contributed by atoms with Crippen molar-refractivity contribution in [2.24, 2.45) is 0 Å². The third-order valence-corrected chi connectivity index (χ3v) is 9.05. The van der Waals surface area contributed by atoms with Gasteiger partial charge in [-0.25, -0.2) is 8.42 Å². The molecule has 0 aromatic heterocycles. The summed E-state index contributed by atoms with van der Waals surface area (Å²) in [4.78, 5) is 28.3. The molecule has 0 bridgehead atoms. The zero-order valence-electron chi connectivity index (χ0n) is 20.8. The predicted molar refractivity (Wildman–Crippen MR) is 150 cm³/mol. The number of carbonyl (C=O) groups is 2. The first-order valence-corrected chi connectivity index (χ1v) is 15.5. The van der Waals surface area contributed by atoms with E-state index in [0.717, 1.165) is 56.3 Å². The molecule has 1 atom stereocenters. The van der Waals surface area contributed by atoms with Crippen LogP contribution in [-0.2, 0) is 26.2 Å². The van der Waals surface area contributed by atoms with Crippen LogP contribution in [-0.4, -0.2) is 50.0 Å². The highest BCUT2D eigenvalue weighted by Gasteiger charge is 2.31. The minimum Gasteiger partial charge on any atom is -0.352 e. The maximum absolute atomic E-state index is 13.7. The number of nitrogens with zero attached hydrogens (tertiary/aromatic N) is 2. The molecule has 1 saturated carbocycles. The zero-order chi connectivity index (χ0) is 26.5. The van der Waals surface area contributed by atoms with Gasteiger partial charge in [0.1, 0.15) is 12.6 Å². The maximum Gasteiger partial charge on any atom is 0.244 e. The highest BCUT2D eigenvalue weighted by atomic mass is 79.9. The van der Waals surface area contributed by atoms with E-state index in [1.807, 2.05) is 31.2 Å². The molecule has 10 heteroatoms. The second kappa shape index (κ2) is 12.6. The molecule has 1 fully saturated rings. The molecule has 0 aliphatic heterocycles. The standard InChI is InChI=1S/C26H33Br2N3O4S/c1-18-15-23(13-14-24(18)28)31(36(3,34)35)17-25(32)30(16-20-9-11-21(27)12-10-20)19(2)26(33)29-22-7-5-4-6-8-22/h9-15,19,22H,4-8,16-17H2,1-3H3,(H,29,33). The SMILES string of the molecule is Cc1cc(N(CC(=O)N(Cc2ccc(Br)cc2)C(C)C(=O)NC2CCCCC2)S(C)(=O)=O)ccc1Br. The fraction of sp³-hybridized carbons (Fsp3) is 0.462. The van der Waals surface area contributed by atoms with E-state index >= 15 is 0 Å². The normalized spacial score (nSPS) is 15.2. The Labute approximate surface area is 230 Å². The van der Waals surface area contributed by atoms with Crippen LogP contribution in [0.5, 0.6) is 0 Å². The summed E-state index contributed by atoms with van der Waals surface area (Å²) in [6, 6.07) is 12.0. The van der Waals surface area contributed by atoms with Crippen molar-refractivity contribution in [2.75, 3.05) is 17.1 Å². The van der Waals surface area contributed by atoms with Crippen LogP contribution in [0.25, 0.3) is 0 Å². The Kier molecular flexibility index (Phi) is 10.00. The van der Waals surface area contributed by atoms with Crippen molar-refractivity contribution >= 4 is 59.4 Å². The lowest BCUT2D eigenvalue weighted by Gasteiger charge is -2.33. The number of amides is 2. The van der Waals surface area contributed by atoms with Crippen molar-refractivity contribution in [1.29, 1.82) is 0 Å². The van der Waals surface area contributed by atoms with Crippen molar-refractivity contribution in [1.82, 2.24) is 10.2 Å². The van der Waals surface area contributed by atoms with E-state index in [9.17, 15) is 18.0 Å². The Hall–Kier alpha value is -1.91. The van der Waals surface area contributed by atoms with Crippen LogP contribution >= 0.6 is 31.9 Å². The number of hydrogen-bond acceptors (Lipinski definition) is 4. The summed E-state index contributed by atoms with van der Waals surface area (Å²) in [5.74, 6) is -0.673. The molecule has 0 heterocycles. The van der Waals surface area contributed by atoms with Gasteiger partial charge in [-0.15, -0.1) is 0 Å². The Morgan fingerprint density at radius 2 is 1.69 bits per heavy atom. The van der Waals surface area contributed by atoms with Crippen molar-refractivity contribution < 1.29 is 18.0 Å². The van der Waals surface area contributed by atoms with Crippen molar-refractivity contribution in [3.05, 3.63) is 62.5 Å². The van der Waals surface area contributed by atoms with Crippen LogP contribution < -0.4 is 9.62 Å². The van der Waals surface area contributed by atoms with Gasteiger partial charge >= 0.3 is 0 Å². The number of anilines is 1. The van der Waals surface area contributed by atoms with E-state index in [-0.39, 0.29) is 18.5 Å². The highest BCUT2D eigenvalue weighted by Crippen LogP contribution is 2.25. The monoisotopic (exact) mass is 641 g/mol. The topological polar surface area (TPSA) is 86.8 Å². The Morgan fingerprint density at radius 3 is 2.28 bits per heavy atom. The molecular weight excluding hydrogens is 610 g/mol. The summed E-state index contributed by atoms with van der Waals surface area (Å²) in [7, 11) is -3.76. The van der Waals surface area contributed by atoms with Gasteiger partial charge in [-0.2, -0.15) is 0 Å². The minimum absolute atomic E-state index is 0.108. The van der Waals surface area contributed by atoms with Gasteiger partial charge in [-0.3, -0.25) is 13.9 Å². The summed E-state index contributed by atoms with van der Waals surface area (Å²) < 4.78 is 28.3. The van der Waals surface area contributed by atoms with Crippen LogP contribution in [0.15, 0.2) is 51.4 Å². The van der Waals surface area contributed by atoms with Crippen LogP contribution in [0.1, 0.15) is 50.2 Å². The van der Waals surface area contributed by atoms with Crippen molar-refractivity contribution in [3.8, 4) is 0 Å². The zero-order valence-corrected chi connectivity index (χ0v) is 24.8. The lowest BCUT2D eigenvalue weighted by molar-refractivity contribution is -0.139. The highest BCUT2D eigenvalue weighted by molar-refractivity contribution is 9.10. The van der Waals surface area contributed by atoms with Gasteiger partial charge < -0.3 is 10.2 Å². The molecule has 1 N–H and O–H groups in total.